The van der Waals surface area contributed by atoms with Crippen LogP contribution in [0.5, 0.6) is 11.5 Å². The van der Waals surface area contributed by atoms with Gasteiger partial charge in [-0.25, -0.2) is 0 Å². The molecule has 0 unspecified atom stereocenters. The smallest absolute Gasteiger partial charge is 0.175 e. The Labute approximate surface area is 244 Å². The van der Waals surface area contributed by atoms with Crippen LogP contribution in [0.4, 0.5) is 11.4 Å². The molecule has 0 saturated carbocycles. The van der Waals surface area contributed by atoms with Gasteiger partial charge in [-0.05, 0) is 94.7 Å². The zero-order valence-electron chi connectivity index (χ0n) is 22.8. The van der Waals surface area contributed by atoms with Crippen LogP contribution in [0.1, 0.15) is 53.1 Å². The van der Waals surface area contributed by atoms with Crippen molar-refractivity contribution in [3.63, 3.8) is 0 Å². The SMILES string of the molecule is CCOc1cc(C=Nc2ccc([C@@H]3Nc4ccccc4[C@@H]4C=CC[C@H]43)cc2)cc(Br)c1OCc1ccc(C)cc1. The molecule has 1 heterocycles. The highest BCUT2D eigenvalue weighted by Crippen LogP contribution is 2.49. The number of para-hydroxylation sites is 1. The van der Waals surface area contributed by atoms with E-state index in [-0.39, 0.29) is 6.04 Å². The Morgan fingerprint density at radius 3 is 2.58 bits per heavy atom. The quantitative estimate of drug-likeness (QED) is 0.164. The predicted molar refractivity (Wildman–Crippen MR) is 167 cm³/mol. The number of aryl methyl sites for hydroxylation is 1. The van der Waals surface area contributed by atoms with E-state index < -0.39 is 0 Å². The molecule has 0 amide bonds. The number of rotatable bonds is 8. The highest BCUT2D eigenvalue weighted by atomic mass is 79.9. The summed E-state index contributed by atoms with van der Waals surface area (Å²) in [6.45, 7) is 5.08. The normalized spacial score (nSPS) is 19.2. The summed E-state index contributed by atoms with van der Waals surface area (Å²) >= 11 is 3.69. The number of nitrogens with zero attached hydrogens (tertiary/aromatic N) is 1. The lowest BCUT2D eigenvalue weighted by molar-refractivity contribution is 0.267. The molecule has 4 nitrogen and oxygen atoms in total. The first-order valence-electron chi connectivity index (χ1n) is 13.9. The molecule has 3 atom stereocenters. The Morgan fingerprint density at radius 1 is 0.975 bits per heavy atom. The molecule has 1 aliphatic carbocycles. The molecule has 6 rings (SSSR count). The van der Waals surface area contributed by atoms with Crippen molar-refractivity contribution in [2.75, 3.05) is 11.9 Å². The van der Waals surface area contributed by atoms with Gasteiger partial charge in [0, 0.05) is 17.8 Å². The lowest BCUT2D eigenvalue weighted by Crippen LogP contribution is -2.28. The van der Waals surface area contributed by atoms with Crippen LogP contribution in [-0.4, -0.2) is 12.8 Å². The summed E-state index contributed by atoms with van der Waals surface area (Å²) in [5, 5.41) is 3.81. The number of hydrogen-bond donors (Lipinski definition) is 1. The van der Waals surface area contributed by atoms with Crippen LogP contribution < -0.4 is 14.8 Å². The highest BCUT2D eigenvalue weighted by molar-refractivity contribution is 9.10. The van der Waals surface area contributed by atoms with Crippen molar-refractivity contribution in [1.29, 1.82) is 0 Å². The Kier molecular flexibility index (Phi) is 7.74. The maximum absolute atomic E-state index is 6.16. The molecule has 0 aromatic heterocycles. The predicted octanol–water partition coefficient (Wildman–Crippen LogP) is 9.31. The molecule has 0 bridgehead atoms. The maximum atomic E-state index is 6.16. The van der Waals surface area contributed by atoms with Gasteiger partial charge < -0.3 is 14.8 Å². The second-order valence-corrected chi connectivity index (χ2v) is 11.3. The van der Waals surface area contributed by atoms with E-state index in [0.717, 1.165) is 27.7 Å². The summed E-state index contributed by atoms with van der Waals surface area (Å²) in [6, 6.07) is 29.9. The van der Waals surface area contributed by atoms with E-state index in [2.05, 4.69) is 113 Å². The van der Waals surface area contributed by atoms with E-state index in [4.69, 9.17) is 14.5 Å². The van der Waals surface area contributed by atoms with E-state index >= 15 is 0 Å². The summed E-state index contributed by atoms with van der Waals surface area (Å²) in [5.74, 6) is 2.40. The minimum atomic E-state index is 0.282. The van der Waals surface area contributed by atoms with Gasteiger partial charge in [-0.3, -0.25) is 4.99 Å². The summed E-state index contributed by atoms with van der Waals surface area (Å²) in [5.41, 5.74) is 8.13. The van der Waals surface area contributed by atoms with Crippen molar-refractivity contribution in [3.8, 4) is 11.5 Å². The van der Waals surface area contributed by atoms with Gasteiger partial charge in [-0.2, -0.15) is 0 Å². The number of fused-ring (bicyclic) bond motifs is 3. The van der Waals surface area contributed by atoms with E-state index in [1.165, 1.54) is 22.4 Å². The van der Waals surface area contributed by atoms with Gasteiger partial charge in [0.2, 0.25) is 0 Å². The van der Waals surface area contributed by atoms with Gasteiger partial charge in [0.25, 0.3) is 0 Å². The summed E-state index contributed by atoms with van der Waals surface area (Å²) in [6.07, 6.45) is 7.68. The van der Waals surface area contributed by atoms with Gasteiger partial charge in [0.15, 0.2) is 11.5 Å². The van der Waals surface area contributed by atoms with Gasteiger partial charge >= 0.3 is 0 Å². The van der Waals surface area contributed by atoms with Crippen LogP contribution in [0.15, 0.2) is 107 Å². The molecule has 5 heteroatoms. The number of ether oxygens (including phenoxy) is 2. The van der Waals surface area contributed by atoms with Crippen molar-refractivity contribution in [1.82, 2.24) is 0 Å². The molecule has 4 aromatic carbocycles. The molecular weight excluding hydrogens is 560 g/mol. The number of anilines is 1. The third-order valence-corrected chi connectivity index (χ3v) is 8.31. The van der Waals surface area contributed by atoms with Crippen LogP contribution >= 0.6 is 15.9 Å². The van der Waals surface area contributed by atoms with Crippen molar-refractivity contribution in [3.05, 3.63) is 129 Å². The zero-order valence-corrected chi connectivity index (χ0v) is 24.4. The molecule has 4 aromatic rings. The number of benzene rings is 4. The average molecular weight is 594 g/mol. The monoisotopic (exact) mass is 592 g/mol. The molecule has 2 aliphatic rings. The van der Waals surface area contributed by atoms with E-state index in [9.17, 15) is 0 Å². The first-order valence-corrected chi connectivity index (χ1v) is 14.7. The Morgan fingerprint density at radius 2 is 1.77 bits per heavy atom. The van der Waals surface area contributed by atoms with Crippen molar-refractivity contribution >= 4 is 33.5 Å². The van der Waals surface area contributed by atoms with Gasteiger partial charge in [-0.15, -0.1) is 0 Å². The topological polar surface area (TPSA) is 42.8 Å². The van der Waals surface area contributed by atoms with Crippen LogP contribution in [0.25, 0.3) is 0 Å². The second-order valence-electron chi connectivity index (χ2n) is 10.4. The van der Waals surface area contributed by atoms with Gasteiger partial charge in [0.05, 0.1) is 22.8 Å². The van der Waals surface area contributed by atoms with Crippen LogP contribution in [-0.2, 0) is 6.61 Å². The van der Waals surface area contributed by atoms with Crippen LogP contribution in [0.3, 0.4) is 0 Å². The van der Waals surface area contributed by atoms with Crippen LogP contribution in [0, 0.1) is 12.8 Å². The molecule has 1 aliphatic heterocycles. The first-order chi connectivity index (χ1) is 19.6. The largest absolute Gasteiger partial charge is 0.490 e. The fourth-order valence-corrected chi connectivity index (χ4v) is 6.27. The molecule has 0 radical (unpaired) electrons. The van der Waals surface area contributed by atoms with Crippen molar-refractivity contribution in [2.24, 2.45) is 10.9 Å². The summed E-state index contributed by atoms with van der Waals surface area (Å²) in [7, 11) is 0. The third-order valence-electron chi connectivity index (χ3n) is 7.72. The second kappa shape index (κ2) is 11.7. The third kappa shape index (κ3) is 5.57. The van der Waals surface area contributed by atoms with Crippen molar-refractivity contribution < 1.29 is 9.47 Å². The van der Waals surface area contributed by atoms with E-state index in [0.29, 0.717) is 36.5 Å². The highest BCUT2D eigenvalue weighted by Gasteiger charge is 2.37. The summed E-state index contributed by atoms with van der Waals surface area (Å²) in [4.78, 5) is 4.76. The lowest BCUT2D eigenvalue weighted by atomic mass is 9.77. The molecule has 0 fully saturated rings. The fraction of sp³-hybridized carbons (Fsp3) is 0.229. The maximum Gasteiger partial charge on any atom is 0.175 e. The number of allylic oxidation sites excluding steroid dienone is 2. The minimum Gasteiger partial charge on any atom is -0.490 e. The lowest BCUT2D eigenvalue weighted by Gasteiger charge is -2.37. The molecule has 0 saturated heterocycles. The Hall–Kier alpha value is -3.83. The average Bonchev–Trinajstić information content (AvgIpc) is 3.47. The van der Waals surface area contributed by atoms with Gasteiger partial charge in [0.1, 0.15) is 6.61 Å². The summed E-state index contributed by atoms with van der Waals surface area (Å²) < 4.78 is 12.9. The standard InChI is InChI=1S/C35H33BrN2O2/c1-3-39-33-20-25(19-31(36)35(33)40-22-24-13-11-23(2)12-14-24)21-37-27-17-15-26(16-18-27)34-30-9-6-8-28(30)29-7-4-5-10-32(29)38-34/h4-8,10-21,28,30,34,38H,3,9,22H2,1-2H3/t28-,30+,34-/m0/s1. The number of halogens is 1. The first kappa shape index (κ1) is 26.4. The molecule has 1 N–H and O–H groups in total. The van der Waals surface area contributed by atoms with Crippen molar-refractivity contribution in [2.45, 2.75) is 38.8 Å². The molecule has 202 valence electrons. The number of nitrogens with one attached hydrogen (secondary N) is 1. The van der Waals surface area contributed by atoms with E-state index in [1.807, 2.05) is 25.3 Å². The molecule has 0 spiro atoms. The van der Waals surface area contributed by atoms with Gasteiger partial charge in [-0.1, -0.05) is 72.3 Å². The zero-order chi connectivity index (χ0) is 27.5. The molecular formula is C35H33BrN2O2. The molecule has 40 heavy (non-hydrogen) atoms. The van der Waals surface area contributed by atoms with E-state index in [1.54, 1.807) is 0 Å². The minimum absolute atomic E-state index is 0.282. The number of hydrogen-bond acceptors (Lipinski definition) is 4. The Balaban J connectivity index is 1.17. The van der Waals surface area contributed by atoms with Crippen LogP contribution in [0.2, 0.25) is 0 Å². The number of aliphatic imine (C=N–C) groups is 1. The Bertz CT molecular complexity index is 1540. The fourth-order valence-electron chi connectivity index (χ4n) is 5.70.